The minimum Gasteiger partial charge on any atom is -0.484 e. The van der Waals surface area contributed by atoms with Gasteiger partial charge >= 0.3 is 0 Å². The van der Waals surface area contributed by atoms with Crippen molar-refractivity contribution in [1.29, 1.82) is 5.26 Å². The largest absolute Gasteiger partial charge is 0.484 e. The van der Waals surface area contributed by atoms with Crippen LogP contribution in [-0.4, -0.2) is 11.6 Å². The summed E-state index contributed by atoms with van der Waals surface area (Å²) in [4.78, 5) is 4.13. The highest BCUT2D eigenvalue weighted by Crippen LogP contribution is 2.33. The number of benzene rings is 1. The lowest BCUT2D eigenvalue weighted by Gasteiger charge is -2.25. The number of ether oxygens (including phenoxy) is 2. The molecule has 1 atom stereocenters. The monoisotopic (exact) mass is 238 g/mol. The van der Waals surface area contributed by atoms with Gasteiger partial charge in [0.05, 0.1) is 11.6 Å². The Morgan fingerprint density at radius 3 is 2.83 bits per heavy atom. The second-order valence-corrected chi connectivity index (χ2v) is 3.96. The van der Waals surface area contributed by atoms with Crippen LogP contribution in [0.3, 0.4) is 0 Å². The molecule has 1 aromatic carbocycles. The van der Waals surface area contributed by atoms with E-state index in [1.807, 2.05) is 24.3 Å². The first kappa shape index (κ1) is 10.6. The molecule has 0 saturated heterocycles. The highest BCUT2D eigenvalue weighted by molar-refractivity contribution is 5.37. The van der Waals surface area contributed by atoms with Crippen LogP contribution < -0.4 is 9.47 Å². The third-order valence-electron chi connectivity index (χ3n) is 2.79. The summed E-state index contributed by atoms with van der Waals surface area (Å²) in [6.07, 6.45) is 1.49. The summed E-state index contributed by atoms with van der Waals surface area (Å²) in [7, 11) is 0. The van der Waals surface area contributed by atoms with E-state index in [1.54, 1.807) is 18.3 Å². The zero-order chi connectivity index (χ0) is 12.4. The smallest absolute Gasteiger partial charge is 0.257 e. The molecule has 0 amide bonds. The molecule has 4 nitrogen and oxygen atoms in total. The molecule has 0 aliphatic carbocycles. The van der Waals surface area contributed by atoms with E-state index in [2.05, 4.69) is 11.1 Å². The minimum atomic E-state index is -0.180. The standard InChI is InChI=1S/C14H10N2O2/c15-8-10-3-5-11(6-4-10)13-9-17-12-2-1-7-16-14(12)18-13/h1-7,13H,9H2/t13-/m1/s1. The van der Waals surface area contributed by atoms with Crippen LogP contribution in [0.5, 0.6) is 11.6 Å². The van der Waals surface area contributed by atoms with Crippen molar-refractivity contribution in [1.82, 2.24) is 4.98 Å². The highest BCUT2D eigenvalue weighted by atomic mass is 16.6. The molecule has 0 unspecified atom stereocenters. The summed E-state index contributed by atoms with van der Waals surface area (Å²) in [6, 6.07) is 13.0. The summed E-state index contributed by atoms with van der Waals surface area (Å²) in [5.41, 5.74) is 1.61. The quantitative estimate of drug-likeness (QED) is 0.765. The number of hydrogen-bond acceptors (Lipinski definition) is 4. The fourth-order valence-corrected chi connectivity index (χ4v) is 1.85. The first-order chi connectivity index (χ1) is 8.86. The predicted molar refractivity (Wildman–Crippen MR) is 64.3 cm³/mol. The second-order valence-electron chi connectivity index (χ2n) is 3.96. The minimum absolute atomic E-state index is 0.180. The third kappa shape index (κ3) is 1.87. The van der Waals surface area contributed by atoms with Crippen LogP contribution in [0.4, 0.5) is 0 Å². The molecule has 0 N–H and O–H groups in total. The lowest BCUT2D eigenvalue weighted by molar-refractivity contribution is 0.0851. The van der Waals surface area contributed by atoms with E-state index in [-0.39, 0.29) is 6.10 Å². The van der Waals surface area contributed by atoms with E-state index in [4.69, 9.17) is 14.7 Å². The van der Waals surface area contributed by atoms with Crippen LogP contribution in [0.1, 0.15) is 17.2 Å². The first-order valence-corrected chi connectivity index (χ1v) is 5.61. The van der Waals surface area contributed by atoms with Crippen LogP contribution in [0, 0.1) is 11.3 Å². The summed E-state index contributed by atoms with van der Waals surface area (Å²) >= 11 is 0. The number of aromatic nitrogens is 1. The van der Waals surface area contributed by atoms with Crippen molar-refractivity contribution in [3.63, 3.8) is 0 Å². The van der Waals surface area contributed by atoms with Gasteiger partial charge in [0.1, 0.15) is 6.61 Å². The van der Waals surface area contributed by atoms with Gasteiger partial charge in [0.15, 0.2) is 11.9 Å². The molecule has 4 heteroatoms. The van der Waals surface area contributed by atoms with E-state index in [1.165, 1.54) is 0 Å². The van der Waals surface area contributed by atoms with Gasteiger partial charge in [-0.1, -0.05) is 12.1 Å². The van der Waals surface area contributed by atoms with Gasteiger partial charge in [0.25, 0.3) is 5.88 Å². The van der Waals surface area contributed by atoms with Crippen LogP contribution in [-0.2, 0) is 0 Å². The SMILES string of the molecule is N#Cc1ccc([C@H]2COc3cccnc3O2)cc1. The van der Waals surface area contributed by atoms with E-state index in [9.17, 15) is 0 Å². The third-order valence-corrected chi connectivity index (χ3v) is 2.79. The van der Waals surface area contributed by atoms with Crippen molar-refractivity contribution in [2.45, 2.75) is 6.10 Å². The number of nitriles is 1. The highest BCUT2D eigenvalue weighted by Gasteiger charge is 2.23. The average molecular weight is 238 g/mol. The molecule has 0 fully saturated rings. The summed E-state index contributed by atoms with van der Waals surface area (Å²) < 4.78 is 11.4. The number of rotatable bonds is 1. The zero-order valence-corrected chi connectivity index (χ0v) is 9.54. The zero-order valence-electron chi connectivity index (χ0n) is 9.54. The molecule has 0 saturated carbocycles. The maximum Gasteiger partial charge on any atom is 0.257 e. The van der Waals surface area contributed by atoms with Gasteiger partial charge in [-0.25, -0.2) is 4.98 Å². The Balaban J connectivity index is 1.85. The Morgan fingerprint density at radius 1 is 1.22 bits per heavy atom. The fourth-order valence-electron chi connectivity index (χ4n) is 1.85. The van der Waals surface area contributed by atoms with E-state index in [0.717, 1.165) is 5.56 Å². The van der Waals surface area contributed by atoms with Gasteiger partial charge in [-0.3, -0.25) is 0 Å². The topological polar surface area (TPSA) is 55.1 Å². The van der Waals surface area contributed by atoms with Crippen molar-refractivity contribution < 1.29 is 9.47 Å². The number of pyridine rings is 1. The Kier molecular flexibility index (Phi) is 2.58. The number of nitrogens with zero attached hydrogens (tertiary/aromatic N) is 2. The maximum atomic E-state index is 8.75. The molecule has 1 aromatic heterocycles. The first-order valence-electron chi connectivity index (χ1n) is 5.61. The normalized spacial score (nSPS) is 16.9. The van der Waals surface area contributed by atoms with Crippen molar-refractivity contribution in [2.75, 3.05) is 6.61 Å². The average Bonchev–Trinajstić information content (AvgIpc) is 2.47. The molecule has 0 spiro atoms. The summed E-state index contributed by atoms with van der Waals surface area (Å²) in [5.74, 6) is 1.18. The molecule has 1 aliphatic rings. The molecule has 18 heavy (non-hydrogen) atoms. The van der Waals surface area contributed by atoms with Crippen molar-refractivity contribution >= 4 is 0 Å². The number of fused-ring (bicyclic) bond motifs is 1. The lowest BCUT2D eigenvalue weighted by atomic mass is 10.1. The van der Waals surface area contributed by atoms with Gasteiger partial charge < -0.3 is 9.47 Å². The van der Waals surface area contributed by atoms with Crippen LogP contribution in [0.15, 0.2) is 42.6 Å². The van der Waals surface area contributed by atoms with E-state index in [0.29, 0.717) is 23.8 Å². The molecule has 1 aliphatic heterocycles. The summed E-state index contributed by atoms with van der Waals surface area (Å²) in [6.45, 7) is 0.449. The Hall–Kier alpha value is -2.54. The Bertz CT molecular complexity index is 602. The molecular formula is C14H10N2O2. The Morgan fingerprint density at radius 2 is 2.06 bits per heavy atom. The van der Waals surface area contributed by atoms with Crippen molar-refractivity contribution in [2.24, 2.45) is 0 Å². The lowest BCUT2D eigenvalue weighted by Crippen LogP contribution is -2.22. The van der Waals surface area contributed by atoms with E-state index < -0.39 is 0 Å². The second kappa shape index (κ2) is 4.38. The van der Waals surface area contributed by atoms with Crippen LogP contribution in [0.2, 0.25) is 0 Å². The summed E-state index contributed by atoms with van der Waals surface area (Å²) in [5, 5.41) is 8.75. The molecule has 2 heterocycles. The maximum absolute atomic E-state index is 8.75. The molecule has 0 radical (unpaired) electrons. The molecule has 3 rings (SSSR count). The van der Waals surface area contributed by atoms with Gasteiger partial charge in [-0.15, -0.1) is 0 Å². The van der Waals surface area contributed by atoms with Crippen molar-refractivity contribution in [3.8, 4) is 17.7 Å². The van der Waals surface area contributed by atoms with Gasteiger partial charge in [-0.2, -0.15) is 5.26 Å². The van der Waals surface area contributed by atoms with Crippen molar-refractivity contribution in [3.05, 3.63) is 53.7 Å². The Labute approximate surface area is 104 Å². The van der Waals surface area contributed by atoms with Gasteiger partial charge in [0.2, 0.25) is 0 Å². The van der Waals surface area contributed by atoms with E-state index >= 15 is 0 Å². The molecule has 2 aromatic rings. The molecule has 0 bridgehead atoms. The van der Waals surface area contributed by atoms with Crippen LogP contribution >= 0.6 is 0 Å². The number of hydrogen-bond donors (Lipinski definition) is 0. The van der Waals surface area contributed by atoms with Crippen LogP contribution in [0.25, 0.3) is 0 Å². The van der Waals surface area contributed by atoms with Gasteiger partial charge in [-0.05, 0) is 29.8 Å². The molecule has 88 valence electrons. The molecular weight excluding hydrogens is 228 g/mol. The predicted octanol–water partition coefficient (Wildman–Crippen LogP) is 2.47. The van der Waals surface area contributed by atoms with Gasteiger partial charge in [0, 0.05) is 6.20 Å². The fraction of sp³-hybridized carbons (Fsp3) is 0.143.